The molecule has 0 spiro atoms. The van der Waals surface area contributed by atoms with Crippen molar-refractivity contribution in [3.8, 4) is 0 Å². The van der Waals surface area contributed by atoms with Crippen molar-refractivity contribution in [2.75, 3.05) is 18.0 Å². The summed E-state index contributed by atoms with van der Waals surface area (Å²) in [6.45, 7) is 9.04. The lowest BCUT2D eigenvalue weighted by Gasteiger charge is -2.28. The summed E-state index contributed by atoms with van der Waals surface area (Å²) >= 11 is 0. The Labute approximate surface area is 171 Å². The van der Waals surface area contributed by atoms with Crippen LogP contribution in [0.1, 0.15) is 55.2 Å². The Morgan fingerprint density at radius 2 is 1.14 bits per heavy atom. The molecule has 0 aliphatic carbocycles. The normalized spacial score (nSPS) is 13.1. The van der Waals surface area contributed by atoms with Gasteiger partial charge in [-0.05, 0) is 60.4 Å². The number of hydrogen-bond donors (Lipinski definition) is 0. The number of benzene rings is 3. The molecular formula is C27H33N. The van der Waals surface area contributed by atoms with Gasteiger partial charge < -0.3 is 4.90 Å². The first-order valence-corrected chi connectivity index (χ1v) is 10.5. The molecule has 0 saturated heterocycles. The Bertz CT molecular complexity index is 776. The summed E-state index contributed by atoms with van der Waals surface area (Å²) in [5, 5.41) is 0. The molecule has 3 aromatic carbocycles. The lowest BCUT2D eigenvalue weighted by molar-refractivity contribution is 0.605. The van der Waals surface area contributed by atoms with E-state index in [-0.39, 0.29) is 0 Å². The first kappa shape index (κ1) is 20.2. The van der Waals surface area contributed by atoms with Crippen molar-refractivity contribution >= 4 is 5.69 Å². The highest BCUT2D eigenvalue weighted by Gasteiger charge is 2.13. The van der Waals surface area contributed by atoms with Gasteiger partial charge in [-0.25, -0.2) is 0 Å². The molecule has 1 nitrogen and oxygen atoms in total. The van der Waals surface area contributed by atoms with Gasteiger partial charge in [0.05, 0.1) is 0 Å². The lowest BCUT2D eigenvalue weighted by atomic mass is 9.96. The second-order valence-electron chi connectivity index (χ2n) is 8.03. The molecular weight excluding hydrogens is 338 g/mol. The number of nitrogens with zero attached hydrogens (tertiary/aromatic N) is 1. The van der Waals surface area contributed by atoms with Gasteiger partial charge in [-0.3, -0.25) is 0 Å². The Balaban J connectivity index is 1.67. The van der Waals surface area contributed by atoms with Crippen molar-refractivity contribution in [2.24, 2.45) is 0 Å². The zero-order valence-electron chi connectivity index (χ0n) is 17.5. The van der Waals surface area contributed by atoms with E-state index in [0.29, 0.717) is 11.8 Å². The molecule has 0 heterocycles. The number of anilines is 1. The summed E-state index contributed by atoms with van der Waals surface area (Å²) in [7, 11) is 0. The summed E-state index contributed by atoms with van der Waals surface area (Å²) in [5.74, 6) is 1.14. The van der Waals surface area contributed by atoms with Gasteiger partial charge in [0, 0.05) is 18.8 Å². The van der Waals surface area contributed by atoms with Crippen LogP contribution in [0.5, 0.6) is 0 Å². The molecule has 3 rings (SSSR count). The third-order valence-corrected chi connectivity index (χ3v) is 5.77. The van der Waals surface area contributed by atoms with Crippen molar-refractivity contribution in [3.63, 3.8) is 0 Å². The van der Waals surface area contributed by atoms with Gasteiger partial charge in [0.25, 0.3) is 0 Å². The standard InChI is InChI=1S/C27H33N/c1-22-11-10-16-27(21-22)28(19-17-23(2)25-12-6-4-7-13-25)20-18-24(3)26-14-8-5-9-15-26/h4-16,21,23-24H,17-20H2,1-3H3. The van der Waals surface area contributed by atoms with Gasteiger partial charge in [-0.2, -0.15) is 0 Å². The fourth-order valence-corrected chi connectivity index (χ4v) is 3.79. The maximum absolute atomic E-state index is 2.58. The topological polar surface area (TPSA) is 3.24 Å². The molecule has 0 aromatic heterocycles. The van der Waals surface area contributed by atoms with Gasteiger partial charge in [0.1, 0.15) is 0 Å². The fraction of sp³-hybridized carbons (Fsp3) is 0.333. The Morgan fingerprint density at radius 3 is 1.61 bits per heavy atom. The number of hydrogen-bond acceptors (Lipinski definition) is 1. The largest absolute Gasteiger partial charge is 0.371 e. The first-order valence-electron chi connectivity index (χ1n) is 10.5. The fourth-order valence-electron chi connectivity index (χ4n) is 3.79. The first-order chi connectivity index (χ1) is 13.6. The summed E-state index contributed by atoms with van der Waals surface area (Å²) in [5.41, 5.74) is 5.55. The molecule has 0 aliphatic heterocycles. The van der Waals surface area contributed by atoms with E-state index in [0.717, 1.165) is 25.9 Å². The van der Waals surface area contributed by atoms with E-state index in [1.807, 2.05) is 0 Å². The lowest BCUT2D eigenvalue weighted by Crippen LogP contribution is -2.27. The molecule has 0 aliphatic rings. The molecule has 3 aromatic rings. The van der Waals surface area contributed by atoms with Crippen LogP contribution in [0.15, 0.2) is 84.9 Å². The SMILES string of the molecule is Cc1cccc(N(CCC(C)c2ccccc2)CCC(C)c2ccccc2)c1. The third-order valence-electron chi connectivity index (χ3n) is 5.77. The molecule has 0 radical (unpaired) electrons. The smallest absolute Gasteiger partial charge is 0.0368 e. The van der Waals surface area contributed by atoms with Crippen LogP contribution in [-0.2, 0) is 0 Å². The van der Waals surface area contributed by atoms with E-state index >= 15 is 0 Å². The predicted molar refractivity (Wildman–Crippen MR) is 122 cm³/mol. The van der Waals surface area contributed by atoms with E-state index < -0.39 is 0 Å². The summed E-state index contributed by atoms with van der Waals surface area (Å²) in [6, 6.07) is 30.7. The molecule has 0 saturated carbocycles. The van der Waals surface area contributed by atoms with Crippen LogP contribution in [0, 0.1) is 6.92 Å². The van der Waals surface area contributed by atoms with Crippen molar-refractivity contribution < 1.29 is 0 Å². The molecule has 0 bridgehead atoms. The van der Waals surface area contributed by atoms with E-state index in [9.17, 15) is 0 Å². The minimum Gasteiger partial charge on any atom is -0.371 e. The maximum atomic E-state index is 2.58. The van der Waals surface area contributed by atoms with Crippen LogP contribution < -0.4 is 4.90 Å². The van der Waals surface area contributed by atoms with Crippen molar-refractivity contribution in [1.29, 1.82) is 0 Å². The van der Waals surface area contributed by atoms with Gasteiger partial charge >= 0.3 is 0 Å². The second-order valence-corrected chi connectivity index (χ2v) is 8.03. The highest BCUT2D eigenvalue weighted by molar-refractivity contribution is 5.48. The molecule has 28 heavy (non-hydrogen) atoms. The van der Waals surface area contributed by atoms with Crippen molar-refractivity contribution in [3.05, 3.63) is 102 Å². The Hall–Kier alpha value is -2.54. The van der Waals surface area contributed by atoms with E-state index in [1.54, 1.807) is 0 Å². The second kappa shape index (κ2) is 10.1. The van der Waals surface area contributed by atoms with Crippen LogP contribution in [0.2, 0.25) is 0 Å². The summed E-state index contributed by atoms with van der Waals surface area (Å²) in [4.78, 5) is 2.58. The molecule has 1 heteroatoms. The van der Waals surface area contributed by atoms with Crippen LogP contribution in [0.25, 0.3) is 0 Å². The molecule has 146 valence electrons. The third kappa shape index (κ3) is 5.73. The molecule has 0 fully saturated rings. The van der Waals surface area contributed by atoms with Gasteiger partial charge in [0.2, 0.25) is 0 Å². The summed E-state index contributed by atoms with van der Waals surface area (Å²) in [6.07, 6.45) is 2.33. The van der Waals surface area contributed by atoms with Gasteiger partial charge in [-0.15, -0.1) is 0 Å². The molecule has 0 amide bonds. The average molecular weight is 372 g/mol. The van der Waals surface area contributed by atoms with Crippen LogP contribution >= 0.6 is 0 Å². The quantitative estimate of drug-likeness (QED) is 0.385. The monoisotopic (exact) mass is 371 g/mol. The Kier molecular flexibility index (Phi) is 7.31. The van der Waals surface area contributed by atoms with Gasteiger partial charge in [0.15, 0.2) is 0 Å². The predicted octanol–water partition coefficient (Wildman–Crippen LogP) is 7.19. The van der Waals surface area contributed by atoms with Crippen molar-refractivity contribution in [2.45, 2.75) is 45.4 Å². The van der Waals surface area contributed by atoms with Crippen molar-refractivity contribution in [1.82, 2.24) is 0 Å². The number of rotatable bonds is 9. The highest BCUT2D eigenvalue weighted by atomic mass is 15.1. The minimum atomic E-state index is 0.569. The number of aryl methyl sites for hydroxylation is 1. The summed E-state index contributed by atoms with van der Waals surface area (Å²) < 4.78 is 0. The molecule has 0 N–H and O–H groups in total. The highest BCUT2D eigenvalue weighted by Crippen LogP contribution is 2.25. The van der Waals surface area contributed by atoms with Crippen LogP contribution in [0.4, 0.5) is 5.69 Å². The average Bonchev–Trinajstić information content (AvgIpc) is 2.74. The Morgan fingerprint density at radius 1 is 0.643 bits per heavy atom. The van der Waals surface area contributed by atoms with E-state index in [2.05, 4.69) is 111 Å². The minimum absolute atomic E-state index is 0.569. The van der Waals surface area contributed by atoms with Gasteiger partial charge in [-0.1, -0.05) is 86.6 Å². The maximum Gasteiger partial charge on any atom is 0.0368 e. The van der Waals surface area contributed by atoms with Crippen LogP contribution in [0.3, 0.4) is 0 Å². The van der Waals surface area contributed by atoms with E-state index in [4.69, 9.17) is 0 Å². The van der Waals surface area contributed by atoms with Crippen LogP contribution in [-0.4, -0.2) is 13.1 Å². The zero-order valence-corrected chi connectivity index (χ0v) is 17.5. The molecule has 2 atom stereocenters. The van der Waals surface area contributed by atoms with E-state index in [1.165, 1.54) is 22.4 Å². The molecule has 2 unspecified atom stereocenters. The zero-order chi connectivity index (χ0) is 19.8.